The first-order valence-electron chi connectivity index (χ1n) is 8.19. The van der Waals surface area contributed by atoms with Gasteiger partial charge in [0, 0.05) is 11.9 Å². The Bertz CT molecular complexity index is 941. The fourth-order valence-electron chi connectivity index (χ4n) is 2.54. The van der Waals surface area contributed by atoms with Gasteiger partial charge in [-0.25, -0.2) is 0 Å². The maximum absolute atomic E-state index is 13.0. The van der Waals surface area contributed by atoms with Crippen LogP contribution < -0.4 is 0 Å². The fraction of sp³-hybridized carbons (Fsp3) is 0.333. The lowest BCUT2D eigenvalue weighted by atomic mass is 10.0. The molecule has 1 atom stereocenters. The first kappa shape index (κ1) is 20.0. The van der Waals surface area contributed by atoms with Crippen molar-refractivity contribution in [3.63, 3.8) is 0 Å². The quantitative estimate of drug-likeness (QED) is 0.570. The Labute approximate surface area is 163 Å². The molecule has 3 aromatic rings. The normalized spacial score (nSPS) is 13.5. The summed E-state index contributed by atoms with van der Waals surface area (Å²) in [4.78, 5) is 0. The third kappa shape index (κ3) is 4.39. The topological polar surface area (TPSA) is 50.4 Å². The Morgan fingerprint density at radius 3 is 2.37 bits per heavy atom. The van der Waals surface area contributed by atoms with Crippen LogP contribution in [0.25, 0.3) is 5.65 Å². The predicted octanol–water partition coefficient (Wildman–Crippen LogP) is 5.35. The van der Waals surface area contributed by atoms with Crippen molar-refractivity contribution >= 4 is 29.0 Å². The Hall–Kier alpha value is -1.77. The van der Waals surface area contributed by atoms with Crippen molar-refractivity contribution < 1.29 is 18.3 Å². The summed E-state index contributed by atoms with van der Waals surface area (Å²) in [6.45, 7) is 4.16. The molecule has 0 fully saturated rings. The van der Waals surface area contributed by atoms with Crippen LogP contribution in [0.5, 0.6) is 0 Å². The molecule has 4 nitrogen and oxygen atoms in total. The molecule has 1 aromatic carbocycles. The van der Waals surface area contributed by atoms with E-state index in [2.05, 4.69) is 24.0 Å². The van der Waals surface area contributed by atoms with Gasteiger partial charge in [-0.05, 0) is 23.1 Å². The molecule has 0 saturated heterocycles. The predicted molar refractivity (Wildman–Crippen MR) is 99.2 cm³/mol. The largest absolute Gasteiger partial charge is 0.417 e. The molecule has 0 bridgehead atoms. The van der Waals surface area contributed by atoms with Gasteiger partial charge in [0.15, 0.2) is 10.8 Å². The van der Waals surface area contributed by atoms with Crippen LogP contribution in [0, 0.1) is 0 Å². The van der Waals surface area contributed by atoms with Crippen molar-refractivity contribution in [3.8, 4) is 0 Å². The third-order valence-electron chi connectivity index (χ3n) is 4.11. The molecule has 1 N–H and O–H groups in total. The second-order valence-electron chi connectivity index (χ2n) is 6.40. The minimum absolute atomic E-state index is 0.131. The summed E-state index contributed by atoms with van der Waals surface area (Å²) in [6, 6.07) is 8.43. The average Bonchev–Trinajstić information content (AvgIpc) is 3.02. The van der Waals surface area contributed by atoms with Crippen LogP contribution in [-0.4, -0.2) is 25.5 Å². The Morgan fingerprint density at radius 2 is 1.78 bits per heavy atom. The van der Waals surface area contributed by atoms with Gasteiger partial charge >= 0.3 is 6.18 Å². The van der Waals surface area contributed by atoms with E-state index >= 15 is 0 Å². The van der Waals surface area contributed by atoms with Crippen LogP contribution in [0.3, 0.4) is 0 Å². The van der Waals surface area contributed by atoms with E-state index in [1.165, 1.54) is 4.40 Å². The minimum atomic E-state index is -4.53. The summed E-state index contributed by atoms with van der Waals surface area (Å²) < 4.78 is 40.2. The second kappa shape index (κ2) is 7.69. The molecule has 0 unspecified atom stereocenters. The molecule has 27 heavy (non-hydrogen) atoms. The average molecular weight is 416 g/mol. The van der Waals surface area contributed by atoms with Gasteiger partial charge in [0.2, 0.25) is 0 Å². The summed E-state index contributed by atoms with van der Waals surface area (Å²) in [5.74, 6) is 0.607. The number of rotatable bonds is 5. The highest BCUT2D eigenvalue weighted by molar-refractivity contribution is 7.99. The summed E-state index contributed by atoms with van der Waals surface area (Å²) in [5.41, 5.74) is 1.15. The standard InChI is InChI=1S/C18H17ClF3N3OS/c1-10(2)11-3-5-12(6-4-11)15(26)9-27-17-24-23-16-14(19)7-13(8-25(16)17)18(20,21)22/h3-8,10,15,26H,9H2,1-2H3/t15-/m1/s1. The molecule has 0 aliphatic rings. The number of aliphatic hydroxyl groups excluding tert-OH is 1. The van der Waals surface area contributed by atoms with Crippen LogP contribution in [0.1, 0.15) is 42.6 Å². The lowest BCUT2D eigenvalue weighted by molar-refractivity contribution is -0.137. The summed E-state index contributed by atoms with van der Waals surface area (Å²) >= 11 is 7.01. The van der Waals surface area contributed by atoms with Crippen molar-refractivity contribution in [2.24, 2.45) is 0 Å². The van der Waals surface area contributed by atoms with Gasteiger partial charge in [0.25, 0.3) is 0 Å². The van der Waals surface area contributed by atoms with Crippen LogP contribution in [0.15, 0.2) is 41.7 Å². The summed E-state index contributed by atoms with van der Waals surface area (Å²) in [7, 11) is 0. The molecule has 2 heterocycles. The van der Waals surface area contributed by atoms with Crippen molar-refractivity contribution in [1.29, 1.82) is 0 Å². The van der Waals surface area contributed by atoms with E-state index in [1.807, 2.05) is 24.3 Å². The Kier molecular flexibility index (Phi) is 5.69. The third-order valence-corrected chi connectivity index (χ3v) is 5.41. The van der Waals surface area contributed by atoms with E-state index in [-0.39, 0.29) is 21.6 Å². The van der Waals surface area contributed by atoms with Gasteiger partial charge in [-0.2, -0.15) is 13.2 Å². The first-order valence-corrected chi connectivity index (χ1v) is 9.55. The van der Waals surface area contributed by atoms with Gasteiger partial charge in [0.05, 0.1) is 16.7 Å². The number of benzene rings is 1. The molecule has 9 heteroatoms. The molecule has 0 aliphatic carbocycles. The minimum Gasteiger partial charge on any atom is -0.388 e. The monoisotopic (exact) mass is 415 g/mol. The number of hydrogen-bond donors (Lipinski definition) is 1. The summed E-state index contributed by atoms with van der Waals surface area (Å²) in [6.07, 6.45) is -4.40. The van der Waals surface area contributed by atoms with Gasteiger partial charge in [-0.15, -0.1) is 10.2 Å². The number of aliphatic hydroxyl groups is 1. The Morgan fingerprint density at radius 1 is 1.15 bits per heavy atom. The number of thioether (sulfide) groups is 1. The van der Waals surface area contributed by atoms with Crippen LogP contribution in [0.4, 0.5) is 13.2 Å². The van der Waals surface area contributed by atoms with E-state index in [4.69, 9.17) is 11.6 Å². The van der Waals surface area contributed by atoms with Gasteiger partial charge in [0.1, 0.15) is 0 Å². The molecular formula is C18H17ClF3N3OS. The number of alkyl halides is 3. The van der Waals surface area contributed by atoms with Crippen molar-refractivity contribution in [2.45, 2.75) is 37.2 Å². The lowest BCUT2D eigenvalue weighted by Gasteiger charge is -2.12. The zero-order chi connectivity index (χ0) is 19.8. The SMILES string of the molecule is CC(C)c1ccc([C@H](O)CSc2nnc3c(Cl)cc(C(F)(F)F)cn23)cc1. The van der Waals surface area contributed by atoms with E-state index in [1.54, 1.807) is 0 Å². The van der Waals surface area contributed by atoms with Gasteiger partial charge in [-0.1, -0.05) is 61.5 Å². The zero-order valence-corrected chi connectivity index (χ0v) is 16.1. The zero-order valence-electron chi connectivity index (χ0n) is 14.5. The highest BCUT2D eigenvalue weighted by atomic mass is 35.5. The molecular weight excluding hydrogens is 399 g/mol. The lowest BCUT2D eigenvalue weighted by Crippen LogP contribution is -2.07. The number of nitrogens with zero attached hydrogens (tertiary/aromatic N) is 3. The summed E-state index contributed by atoms with van der Waals surface area (Å²) in [5, 5.41) is 18.2. The molecule has 144 valence electrons. The van der Waals surface area contributed by atoms with Crippen molar-refractivity contribution in [1.82, 2.24) is 14.6 Å². The molecule has 2 aromatic heterocycles. The van der Waals surface area contributed by atoms with Gasteiger partial charge < -0.3 is 5.11 Å². The fourth-order valence-corrected chi connectivity index (χ4v) is 3.66. The van der Waals surface area contributed by atoms with Crippen LogP contribution >= 0.6 is 23.4 Å². The maximum Gasteiger partial charge on any atom is 0.417 e. The van der Waals surface area contributed by atoms with Crippen molar-refractivity contribution in [2.75, 3.05) is 5.75 Å². The van der Waals surface area contributed by atoms with Crippen LogP contribution in [0.2, 0.25) is 5.02 Å². The number of aromatic nitrogens is 3. The maximum atomic E-state index is 13.0. The number of pyridine rings is 1. The van der Waals surface area contributed by atoms with E-state index in [0.717, 1.165) is 35.2 Å². The van der Waals surface area contributed by atoms with Gasteiger partial charge in [-0.3, -0.25) is 4.40 Å². The molecule has 0 spiro atoms. The molecule has 0 radical (unpaired) electrons. The van der Waals surface area contributed by atoms with Crippen molar-refractivity contribution in [3.05, 3.63) is 58.2 Å². The van der Waals surface area contributed by atoms with E-state index < -0.39 is 17.8 Å². The molecule has 0 amide bonds. The van der Waals surface area contributed by atoms with Crippen LogP contribution in [-0.2, 0) is 6.18 Å². The molecule has 3 rings (SSSR count). The number of fused-ring (bicyclic) bond motifs is 1. The van der Waals surface area contributed by atoms with E-state index in [9.17, 15) is 18.3 Å². The number of halogens is 4. The first-order chi connectivity index (χ1) is 12.7. The second-order valence-corrected chi connectivity index (χ2v) is 7.79. The molecule has 0 aliphatic heterocycles. The number of hydrogen-bond acceptors (Lipinski definition) is 4. The Balaban J connectivity index is 1.79. The van der Waals surface area contributed by atoms with E-state index in [0.29, 0.717) is 5.92 Å². The molecule has 0 saturated carbocycles. The highest BCUT2D eigenvalue weighted by Gasteiger charge is 2.32. The smallest absolute Gasteiger partial charge is 0.388 e. The highest BCUT2D eigenvalue weighted by Crippen LogP contribution is 2.34.